The number of hydrogen-bond donors (Lipinski definition) is 0. The maximum absolute atomic E-state index is 12.0. The topological polar surface area (TPSA) is 43.4 Å². The van der Waals surface area contributed by atoms with E-state index in [0.717, 1.165) is 5.56 Å². The highest BCUT2D eigenvalue weighted by Crippen LogP contribution is 2.30. The van der Waals surface area contributed by atoms with Crippen LogP contribution < -0.4 is 4.18 Å². The normalized spacial score (nSPS) is 11.3. The van der Waals surface area contributed by atoms with Crippen molar-refractivity contribution in [1.82, 2.24) is 0 Å². The second-order valence-corrected chi connectivity index (χ2v) is 6.32. The largest absolute Gasteiger partial charge is 0.377 e. The van der Waals surface area contributed by atoms with E-state index in [2.05, 4.69) is 0 Å². The molecular weight excluding hydrogens is 307 g/mol. The molecule has 3 nitrogen and oxygen atoms in total. The zero-order chi connectivity index (χ0) is 14.0. The minimum Gasteiger partial charge on any atom is -0.377 e. The van der Waals surface area contributed by atoms with Crippen molar-refractivity contribution in [1.29, 1.82) is 0 Å². The maximum Gasteiger partial charge on any atom is 0.339 e. The number of rotatable bonds is 3. The predicted molar refractivity (Wildman–Crippen MR) is 75.5 cm³/mol. The molecule has 0 aliphatic heterocycles. The fourth-order valence-corrected chi connectivity index (χ4v) is 2.85. The molecule has 0 aliphatic rings. The van der Waals surface area contributed by atoms with Gasteiger partial charge in [-0.1, -0.05) is 40.9 Å². The monoisotopic (exact) mass is 316 g/mol. The Morgan fingerprint density at radius 2 is 1.63 bits per heavy atom. The Morgan fingerprint density at radius 1 is 1.00 bits per heavy atom. The Balaban J connectivity index is 2.33. The van der Waals surface area contributed by atoms with E-state index in [0.29, 0.717) is 5.02 Å². The van der Waals surface area contributed by atoms with E-state index in [1.54, 1.807) is 12.1 Å². The van der Waals surface area contributed by atoms with Gasteiger partial charge >= 0.3 is 10.1 Å². The average Bonchev–Trinajstić information content (AvgIpc) is 2.33. The van der Waals surface area contributed by atoms with Crippen LogP contribution >= 0.6 is 23.2 Å². The number of halogens is 2. The minimum absolute atomic E-state index is 0.0478. The molecule has 0 atom stereocenters. The van der Waals surface area contributed by atoms with Crippen LogP contribution in [-0.2, 0) is 10.1 Å². The number of hydrogen-bond acceptors (Lipinski definition) is 3. The van der Waals surface area contributed by atoms with Crippen molar-refractivity contribution in [3.63, 3.8) is 0 Å². The van der Waals surface area contributed by atoms with E-state index in [1.165, 1.54) is 30.3 Å². The molecule has 0 saturated carbocycles. The summed E-state index contributed by atoms with van der Waals surface area (Å²) in [5.41, 5.74) is 0.962. The smallest absolute Gasteiger partial charge is 0.339 e. The summed E-state index contributed by atoms with van der Waals surface area (Å²) in [6.07, 6.45) is 0. The van der Waals surface area contributed by atoms with Gasteiger partial charge in [0, 0.05) is 5.02 Å². The molecule has 0 aliphatic carbocycles. The first-order valence-corrected chi connectivity index (χ1v) is 7.51. The summed E-state index contributed by atoms with van der Waals surface area (Å²) in [5.74, 6) is 0.0478. The van der Waals surface area contributed by atoms with E-state index in [4.69, 9.17) is 27.4 Å². The third-order valence-electron chi connectivity index (χ3n) is 2.40. The van der Waals surface area contributed by atoms with Gasteiger partial charge in [-0.25, -0.2) is 0 Å². The third-order valence-corrected chi connectivity index (χ3v) is 4.18. The standard InChI is InChI=1S/C13H10Cl2O3S/c1-9-2-5-11(6-3-9)19(16,17)18-13-7-4-10(14)8-12(13)15/h2-8H,1H3. The summed E-state index contributed by atoms with van der Waals surface area (Å²) >= 11 is 11.6. The first-order valence-electron chi connectivity index (χ1n) is 5.35. The van der Waals surface area contributed by atoms with Crippen LogP contribution in [0.3, 0.4) is 0 Å². The first-order chi connectivity index (χ1) is 8.88. The Labute approximate surface area is 121 Å². The fourth-order valence-electron chi connectivity index (χ4n) is 1.41. The fraction of sp³-hybridized carbons (Fsp3) is 0.0769. The van der Waals surface area contributed by atoms with Gasteiger partial charge in [0.05, 0.1) is 5.02 Å². The molecule has 2 aromatic carbocycles. The lowest BCUT2D eigenvalue weighted by Gasteiger charge is -2.08. The Kier molecular flexibility index (Phi) is 4.04. The molecule has 6 heteroatoms. The van der Waals surface area contributed by atoms with Crippen LogP contribution in [0.4, 0.5) is 0 Å². The van der Waals surface area contributed by atoms with Crippen LogP contribution in [-0.4, -0.2) is 8.42 Å². The molecule has 0 fully saturated rings. The van der Waals surface area contributed by atoms with E-state index < -0.39 is 10.1 Å². The first kappa shape index (κ1) is 14.2. The van der Waals surface area contributed by atoms with Gasteiger partial charge in [0.15, 0.2) is 5.75 Å². The molecule has 2 rings (SSSR count). The van der Waals surface area contributed by atoms with Crippen LogP contribution in [0.2, 0.25) is 10.0 Å². The second-order valence-electron chi connectivity index (χ2n) is 3.93. The molecule has 0 aromatic heterocycles. The SMILES string of the molecule is Cc1ccc(S(=O)(=O)Oc2ccc(Cl)cc2Cl)cc1. The lowest BCUT2D eigenvalue weighted by molar-refractivity contribution is 0.486. The molecule has 0 N–H and O–H groups in total. The molecule has 2 aromatic rings. The van der Waals surface area contributed by atoms with Gasteiger partial charge in [-0.3, -0.25) is 0 Å². The van der Waals surface area contributed by atoms with Crippen LogP contribution in [0.1, 0.15) is 5.56 Å². The highest BCUT2D eigenvalue weighted by molar-refractivity contribution is 7.87. The highest BCUT2D eigenvalue weighted by Gasteiger charge is 2.18. The van der Waals surface area contributed by atoms with Crippen molar-refractivity contribution in [3.8, 4) is 5.75 Å². The zero-order valence-electron chi connectivity index (χ0n) is 9.93. The summed E-state index contributed by atoms with van der Waals surface area (Å²) in [6, 6.07) is 10.7. The molecule has 0 amide bonds. The third kappa shape index (κ3) is 3.41. The highest BCUT2D eigenvalue weighted by atomic mass is 35.5. The lowest BCUT2D eigenvalue weighted by Crippen LogP contribution is -2.09. The van der Waals surface area contributed by atoms with E-state index in [1.807, 2.05) is 6.92 Å². The molecule has 0 spiro atoms. The number of aryl methyl sites for hydroxylation is 1. The van der Waals surface area contributed by atoms with Gasteiger partial charge in [0.2, 0.25) is 0 Å². The van der Waals surface area contributed by atoms with Crippen molar-refractivity contribution in [2.75, 3.05) is 0 Å². The second kappa shape index (κ2) is 5.41. The molecular formula is C13H10Cl2O3S. The van der Waals surface area contributed by atoms with E-state index >= 15 is 0 Å². The van der Waals surface area contributed by atoms with Crippen LogP contribution in [0.5, 0.6) is 5.75 Å². The molecule has 0 saturated heterocycles. The average molecular weight is 317 g/mol. The van der Waals surface area contributed by atoms with Crippen molar-refractivity contribution >= 4 is 33.3 Å². The predicted octanol–water partition coefficient (Wildman–Crippen LogP) is 4.07. The van der Waals surface area contributed by atoms with Crippen LogP contribution in [0.25, 0.3) is 0 Å². The maximum atomic E-state index is 12.0. The molecule has 0 bridgehead atoms. The van der Waals surface area contributed by atoms with Crippen molar-refractivity contribution in [2.24, 2.45) is 0 Å². The molecule has 0 unspecified atom stereocenters. The lowest BCUT2D eigenvalue weighted by atomic mass is 10.2. The van der Waals surface area contributed by atoms with Crippen LogP contribution in [0.15, 0.2) is 47.4 Å². The summed E-state index contributed by atoms with van der Waals surface area (Å²) in [6.45, 7) is 1.87. The van der Waals surface area contributed by atoms with Crippen molar-refractivity contribution < 1.29 is 12.6 Å². The van der Waals surface area contributed by atoms with E-state index in [-0.39, 0.29) is 15.7 Å². The Hall–Kier alpha value is -1.23. The minimum atomic E-state index is -3.89. The molecule has 0 heterocycles. The summed E-state index contributed by atoms with van der Waals surface area (Å²) < 4.78 is 29.1. The molecule has 100 valence electrons. The van der Waals surface area contributed by atoms with Crippen LogP contribution in [0, 0.1) is 6.92 Å². The Bertz CT molecular complexity index is 694. The summed E-state index contributed by atoms with van der Waals surface area (Å²) in [7, 11) is -3.89. The Morgan fingerprint density at radius 3 is 2.21 bits per heavy atom. The van der Waals surface area contributed by atoms with Gasteiger partial charge in [-0.2, -0.15) is 8.42 Å². The van der Waals surface area contributed by atoms with Crippen molar-refractivity contribution in [2.45, 2.75) is 11.8 Å². The van der Waals surface area contributed by atoms with Gasteiger partial charge in [-0.05, 0) is 37.3 Å². The number of benzene rings is 2. The molecule has 19 heavy (non-hydrogen) atoms. The zero-order valence-corrected chi connectivity index (χ0v) is 12.3. The van der Waals surface area contributed by atoms with Gasteiger partial charge in [0.25, 0.3) is 0 Å². The summed E-state index contributed by atoms with van der Waals surface area (Å²) in [5, 5.41) is 0.549. The quantitative estimate of drug-likeness (QED) is 0.802. The molecule has 0 radical (unpaired) electrons. The van der Waals surface area contributed by atoms with Gasteiger partial charge in [0.1, 0.15) is 4.90 Å². The van der Waals surface area contributed by atoms with Crippen molar-refractivity contribution in [3.05, 3.63) is 58.1 Å². The van der Waals surface area contributed by atoms with E-state index in [9.17, 15) is 8.42 Å². The summed E-state index contributed by atoms with van der Waals surface area (Å²) in [4.78, 5) is 0.0733. The van der Waals surface area contributed by atoms with Gasteiger partial charge < -0.3 is 4.18 Å². The van der Waals surface area contributed by atoms with Gasteiger partial charge in [-0.15, -0.1) is 0 Å².